The van der Waals surface area contributed by atoms with Crippen LogP contribution in [0.2, 0.25) is 0 Å². The van der Waals surface area contributed by atoms with E-state index in [-0.39, 0.29) is 0 Å². The summed E-state index contributed by atoms with van der Waals surface area (Å²) in [4.78, 5) is 1.18. The van der Waals surface area contributed by atoms with Gasteiger partial charge in [-0.25, -0.2) is 0 Å². The number of aryl methyl sites for hydroxylation is 1. The Morgan fingerprint density at radius 3 is 3.06 bits per heavy atom. The molecule has 4 nitrogen and oxygen atoms in total. The average molecular weight is 270 g/mol. The third-order valence-electron chi connectivity index (χ3n) is 2.10. The first-order chi connectivity index (χ1) is 8.31. The number of aromatic nitrogens is 2. The molecule has 0 fully saturated rings. The second-order valence-electron chi connectivity index (χ2n) is 3.30. The highest BCUT2D eigenvalue weighted by atomic mass is 35.5. The third-order valence-corrected chi connectivity index (χ3v) is 3.01. The number of halogens is 1. The zero-order valence-electron chi connectivity index (χ0n) is 9.31. The van der Waals surface area contributed by atoms with Gasteiger partial charge in [0, 0.05) is 22.9 Å². The molecular formula is C11H12ClN3OS. The minimum atomic E-state index is 0.392. The van der Waals surface area contributed by atoms with Crippen molar-refractivity contribution >= 4 is 35.1 Å². The van der Waals surface area contributed by atoms with Gasteiger partial charge in [-0.15, -0.1) is 28.5 Å². The Hall–Kier alpha value is -1.20. The van der Waals surface area contributed by atoms with Crippen LogP contribution < -0.4 is 5.32 Å². The highest BCUT2D eigenvalue weighted by Crippen LogP contribution is 2.21. The molecule has 0 aliphatic rings. The summed E-state index contributed by atoms with van der Waals surface area (Å²) in [6.07, 6.45) is 2.62. The largest absolute Gasteiger partial charge is 0.408 e. The highest BCUT2D eigenvalue weighted by molar-refractivity contribution is 7.98. The van der Waals surface area contributed by atoms with Crippen LogP contribution in [-0.4, -0.2) is 22.3 Å². The monoisotopic (exact) mass is 269 g/mol. The smallest absolute Gasteiger partial charge is 0.320 e. The molecule has 1 aromatic heterocycles. The second-order valence-corrected chi connectivity index (χ2v) is 4.55. The molecule has 0 saturated carbocycles. The lowest BCUT2D eigenvalue weighted by Gasteiger charge is -2.02. The van der Waals surface area contributed by atoms with Crippen molar-refractivity contribution in [3.8, 4) is 0 Å². The van der Waals surface area contributed by atoms with Crippen molar-refractivity contribution in [2.45, 2.75) is 11.3 Å². The number of benzene rings is 1. The minimum Gasteiger partial charge on any atom is -0.408 e. The SMILES string of the molecule is CSc1cccc(Nc2nnc(CCCl)o2)c1. The maximum atomic E-state index is 5.59. The molecule has 0 amide bonds. The molecule has 2 aromatic rings. The summed E-state index contributed by atoms with van der Waals surface area (Å²) in [5.41, 5.74) is 0.929. The van der Waals surface area contributed by atoms with Crippen LogP contribution >= 0.6 is 23.4 Å². The van der Waals surface area contributed by atoms with Crippen molar-refractivity contribution in [1.29, 1.82) is 0 Å². The Bertz CT molecular complexity index is 489. The van der Waals surface area contributed by atoms with E-state index in [0.29, 0.717) is 24.2 Å². The lowest BCUT2D eigenvalue weighted by Crippen LogP contribution is -1.90. The van der Waals surface area contributed by atoms with Crippen LogP contribution in [0.3, 0.4) is 0 Å². The summed E-state index contributed by atoms with van der Waals surface area (Å²) in [6, 6.07) is 8.39. The Balaban J connectivity index is 2.08. The van der Waals surface area contributed by atoms with E-state index in [1.807, 2.05) is 30.5 Å². The first-order valence-corrected chi connectivity index (χ1v) is 6.87. The van der Waals surface area contributed by atoms with Gasteiger partial charge in [-0.2, -0.15) is 0 Å². The van der Waals surface area contributed by atoms with Gasteiger partial charge in [-0.3, -0.25) is 0 Å². The Morgan fingerprint density at radius 2 is 2.29 bits per heavy atom. The summed E-state index contributed by atoms with van der Waals surface area (Å²) in [7, 11) is 0. The van der Waals surface area contributed by atoms with Gasteiger partial charge in [0.25, 0.3) is 0 Å². The molecule has 90 valence electrons. The van der Waals surface area contributed by atoms with Crippen molar-refractivity contribution < 1.29 is 4.42 Å². The van der Waals surface area contributed by atoms with Crippen LogP contribution in [0.5, 0.6) is 0 Å². The molecule has 0 aliphatic heterocycles. The van der Waals surface area contributed by atoms with Gasteiger partial charge in [0.15, 0.2) is 0 Å². The molecule has 0 radical (unpaired) electrons. The van der Waals surface area contributed by atoms with Gasteiger partial charge >= 0.3 is 6.01 Å². The number of rotatable bonds is 5. The number of alkyl halides is 1. The Morgan fingerprint density at radius 1 is 1.41 bits per heavy atom. The lowest BCUT2D eigenvalue weighted by atomic mass is 10.3. The zero-order valence-corrected chi connectivity index (χ0v) is 10.9. The van der Waals surface area contributed by atoms with E-state index < -0.39 is 0 Å². The van der Waals surface area contributed by atoms with E-state index >= 15 is 0 Å². The summed E-state index contributed by atoms with van der Waals surface area (Å²) >= 11 is 7.28. The molecule has 0 aliphatic carbocycles. The molecule has 6 heteroatoms. The summed E-state index contributed by atoms with van der Waals surface area (Å²) < 4.78 is 5.38. The van der Waals surface area contributed by atoms with Crippen LogP contribution in [-0.2, 0) is 6.42 Å². The number of nitrogens with zero attached hydrogens (tertiary/aromatic N) is 2. The molecule has 0 bridgehead atoms. The van der Waals surface area contributed by atoms with Crippen LogP contribution in [0.1, 0.15) is 5.89 Å². The predicted octanol–water partition coefficient (Wildman–Crippen LogP) is 3.32. The molecule has 1 N–H and O–H groups in total. The maximum absolute atomic E-state index is 5.59. The molecule has 17 heavy (non-hydrogen) atoms. The van der Waals surface area contributed by atoms with E-state index in [4.69, 9.17) is 16.0 Å². The molecule has 0 saturated heterocycles. The fraction of sp³-hybridized carbons (Fsp3) is 0.273. The summed E-state index contributed by atoms with van der Waals surface area (Å²) in [6.45, 7) is 0. The normalized spacial score (nSPS) is 10.5. The quantitative estimate of drug-likeness (QED) is 0.667. The average Bonchev–Trinajstić information content (AvgIpc) is 2.77. The van der Waals surface area contributed by atoms with Gasteiger partial charge < -0.3 is 9.73 Å². The molecule has 1 heterocycles. The van der Waals surface area contributed by atoms with E-state index in [1.54, 1.807) is 11.8 Å². The van der Waals surface area contributed by atoms with Crippen LogP contribution in [0.15, 0.2) is 33.6 Å². The number of hydrogen-bond donors (Lipinski definition) is 1. The van der Waals surface area contributed by atoms with E-state index in [9.17, 15) is 0 Å². The second kappa shape index (κ2) is 5.93. The zero-order chi connectivity index (χ0) is 12.1. The summed E-state index contributed by atoms with van der Waals surface area (Å²) in [5.74, 6) is 1.02. The van der Waals surface area contributed by atoms with Crippen molar-refractivity contribution in [2.24, 2.45) is 0 Å². The van der Waals surface area contributed by atoms with E-state index in [1.165, 1.54) is 4.90 Å². The Kier molecular flexibility index (Phi) is 4.28. The van der Waals surface area contributed by atoms with Gasteiger partial charge in [0.2, 0.25) is 5.89 Å². The van der Waals surface area contributed by atoms with Gasteiger partial charge in [-0.05, 0) is 24.5 Å². The molecule has 1 aromatic carbocycles. The third kappa shape index (κ3) is 3.38. The van der Waals surface area contributed by atoms with Gasteiger partial charge in [0.1, 0.15) is 0 Å². The molecular weight excluding hydrogens is 258 g/mol. The molecule has 0 atom stereocenters. The maximum Gasteiger partial charge on any atom is 0.320 e. The van der Waals surface area contributed by atoms with Crippen LogP contribution in [0.25, 0.3) is 0 Å². The molecule has 0 spiro atoms. The fourth-order valence-corrected chi connectivity index (χ4v) is 1.93. The Labute approximate surface area is 109 Å². The topological polar surface area (TPSA) is 51.0 Å². The van der Waals surface area contributed by atoms with Crippen molar-refractivity contribution in [3.05, 3.63) is 30.2 Å². The van der Waals surface area contributed by atoms with Crippen molar-refractivity contribution in [1.82, 2.24) is 10.2 Å². The van der Waals surface area contributed by atoms with Gasteiger partial charge in [0.05, 0.1) is 0 Å². The fourth-order valence-electron chi connectivity index (χ4n) is 1.31. The number of hydrogen-bond acceptors (Lipinski definition) is 5. The first kappa shape index (κ1) is 12.3. The molecule has 2 rings (SSSR count). The first-order valence-electron chi connectivity index (χ1n) is 5.11. The number of nitrogens with one attached hydrogen (secondary N) is 1. The van der Waals surface area contributed by atoms with Crippen LogP contribution in [0, 0.1) is 0 Å². The molecule has 0 unspecified atom stereocenters. The van der Waals surface area contributed by atoms with Gasteiger partial charge in [-0.1, -0.05) is 11.2 Å². The van der Waals surface area contributed by atoms with Crippen LogP contribution in [0.4, 0.5) is 11.7 Å². The minimum absolute atomic E-state index is 0.392. The van der Waals surface area contributed by atoms with Crippen molar-refractivity contribution in [3.63, 3.8) is 0 Å². The van der Waals surface area contributed by atoms with Crippen molar-refractivity contribution in [2.75, 3.05) is 17.5 Å². The standard InChI is InChI=1S/C11H12ClN3OS/c1-17-9-4-2-3-8(7-9)13-11-15-14-10(16-11)5-6-12/h2-4,7H,5-6H2,1H3,(H,13,15). The predicted molar refractivity (Wildman–Crippen MR) is 70.2 cm³/mol. The van der Waals surface area contributed by atoms with E-state index in [0.717, 1.165) is 5.69 Å². The highest BCUT2D eigenvalue weighted by Gasteiger charge is 2.05. The van der Waals surface area contributed by atoms with E-state index in [2.05, 4.69) is 15.5 Å². The lowest BCUT2D eigenvalue weighted by molar-refractivity contribution is 0.516. The number of anilines is 2. The number of thioether (sulfide) groups is 1. The summed E-state index contributed by atoms with van der Waals surface area (Å²) in [5, 5.41) is 10.8.